The number of methoxy groups -OCH3 is 1. The molecule has 0 saturated heterocycles. The van der Waals surface area contributed by atoms with Crippen molar-refractivity contribution in [3.63, 3.8) is 0 Å². The Morgan fingerprint density at radius 2 is 1.61 bits per heavy atom. The van der Waals surface area contributed by atoms with Gasteiger partial charge in [0.05, 0.1) is 7.11 Å². The van der Waals surface area contributed by atoms with E-state index in [0.717, 1.165) is 16.9 Å². The highest BCUT2D eigenvalue weighted by molar-refractivity contribution is 6.70. The van der Waals surface area contributed by atoms with E-state index < -0.39 is 8.32 Å². The highest BCUT2D eigenvalue weighted by atomic mass is 28.4. The molecule has 0 unspecified atom stereocenters. The summed E-state index contributed by atoms with van der Waals surface area (Å²) in [5, 5.41) is 0. The van der Waals surface area contributed by atoms with Gasteiger partial charge in [0, 0.05) is 11.6 Å². The Balaban J connectivity index is 2.16. The van der Waals surface area contributed by atoms with Crippen LogP contribution < -0.4 is 4.74 Å². The van der Waals surface area contributed by atoms with Crippen LogP contribution in [-0.2, 0) is 15.8 Å². The lowest BCUT2D eigenvalue weighted by Crippen LogP contribution is -2.25. The van der Waals surface area contributed by atoms with E-state index in [9.17, 15) is 0 Å². The van der Waals surface area contributed by atoms with Crippen LogP contribution in [0.3, 0.4) is 0 Å². The molecule has 3 nitrogen and oxygen atoms in total. The third-order valence-electron chi connectivity index (χ3n) is 3.04. The van der Waals surface area contributed by atoms with Crippen LogP contribution in [0.4, 0.5) is 0 Å². The van der Waals surface area contributed by atoms with Gasteiger partial charge in [-0.05, 0) is 31.3 Å². The van der Waals surface area contributed by atoms with E-state index in [4.69, 9.17) is 13.9 Å². The summed E-state index contributed by atoms with van der Waals surface area (Å²) >= 11 is 0. The van der Waals surface area contributed by atoms with Gasteiger partial charge in [-0.3, -0.25) is 0 Å². The SMILES string of the molecule is CO/C(=C/c1ccccc1OCc1ccccc1)O[Si](C)(C)C. The first-order chi connectivity index (χ1) is 11.0. The van der Waals surface area contributed by atoms with Gasteiger partial charge in [-0.25, -0.2) is 0 Å². The first-order valence-corrected chi connectivity index (χ1v) is 11.1. The molecule has 2 rings (SSSR count). The van der Waals surface area contributed by atoms with Crippen LogP contribution >= 0.6 is 0 Å². The van der Waals surface area contributed by atoms with E-state index in [1.54, 1.807) is 7.11 Å². The van der Waals surface area contributed by atoms with Crippen LogP contribution in [0.5, 0.6) is 5.75 Å². The van der Waals surface area contributed by atoms with Crippen LogP contribution in [0.15, 0.2) is 60.5 Å². The van der Waals surface area contributed by atoms with E-state index in [1.807, 2.05) is 60.7 Å². The fourth-order valence-electron chi connectivity index (χ4n) is 2.03. The minimum Gasteiger partial charge on any atom is -0.520 e. The number of ether oxygens (including phenoxy) is 2. The Labute approximate surface area is 139 Å². The molecule has 0 radical (unpaired) electrons. The Morgan fingerprint density at radius 3 is 2.26 bits per heavy atom. The third kappa shape index (κ3) is 5.83. The van der Waals surface area contributed by atoms with E-state index in [1.165, 1.54) is 0 Å². The Morgan fingerprint density at radius 1 is 0.957 bits per heavy atom. The fourth-order valence-corrected chi connectivity index (χ4v) is 2.77. The predicted octanol–water partition coefficient (Wildman–Crippen LogP) is 5.06. The fraction of sp³-hybridized carbons (Fsp3) is 0.263. The second kappa shape index (κ2) is 7.88. The molecule has 2 aromatic carbocycles. The minimum absolute atomic E-state index is 0.528. The maximum atomic E-state index is 5.95. The number of hydrogen-bond acceptors (Lipinski definition) is 3. The molecule has 0 spiro atoms. The lowest BCUT2D eigenvalue weighted by Gasteiger charge is -2.20. The molecular formula is C19H24O3Si. The molecule has 0 bridgehead atoms. The van der Waals surface area contributed by atoms with Gasteiger partial charge in [-0.15, -0.1) is 0 Å². The Kier molecular flexibility index (Phi) is 5.88. The van der Waals surface area contributed by atoms with Crippen molar-refractivity contribution in [1.82, 2.24) is 0 Å². The summed E-state index contributed by atoms with van der Waals surface area (Å²) in [5.74, 6) is 1.34. The summed E-state index contributed by atoms with van der Waals surface area (Å²) in [5.41, 5.74) is 2.08. The van der Waals surface area contributed by atoms with E-state index >= 15 is 0 Å². The standard InChI is InChI=1S/C19H24O3Si/c1-20-19(22-23(2,3)4)14-17-12-8-9-13-18(17)21-15-16-10-6-5-7-11-16/h5-14H,15H2,1-4H3/b19-14-. The molecular weight excluding hydrogens is 304 g/mol. The van der Waals surface area contributed by atoms with Crippen LogP contribution in [0.1, 0.15) is 11.1 Å². The van der Waals surface area contributed by atoms with Crippen molar-refractivity contribution in [1.29, 1.82) is 0 Å². The predicted molar refractivity (Wildman–Crippen MR) is 96.6 cm³/mol. The normalized spacial score (nSPS) is 11.9. The average Bonchev–Trinajstić information content (AvgIpc) is 2.53. The van der Waals surface area contributed by atoms with Gasteiger partial charge in [0.15, 0.2) is 0 Å². The van der Waals surface area contributed by atoms with Crippen molar-refractivity contribution in [2.45, 2.75) is 26.2 Å². The Bertz CT molecular complexity index is 645. The largest absolute Gasteiger partial charge is 0.520 e. The zero-order valence-electron chi connectivity index (χ0n) is 14.2. The van der Waals surface area contributed by atoms with Crippen molar-refractivity contribution in [2.75, 3.05) is 7.11 Å². The summed E-state index contributed by atoms with van der Waals surface area (Å²) in [4.78, 5) is 0. The van der Waals surface area contributed by atoms with E-state index in [-0.39, 0.29) is 0 Å². The van der Waals surface area contributed by atoms with Crippen LogP contribution in [0.25, 0.3) is 6.08 Å². The van der Waals surface area contributed by atoms with Crippen molar-refractivity contribution in [2.24, 2.45) is 0 Å². The van der Waals surface area contributed by atoms with Gasteiger partial charge in [-0.2, -0.15) is 0 Å². The Hall–Kier alpha value is -2.20. The lowest BCUT2D eigenvalue weighted by atomic mass is 10.2. The lowest BCUT2D eigenvalue weighted by molar-refractivity contribution is 0.152. The second-order valence-electron chi connectivity index (χ2n) is 6.19. The molecule has 0 aliphatic carbocycles. The van der Waals surface area contributed by atoms with Gasteiger partial charge in [0.1, 0.15) is 12.4 Å². The minimum atomic E-state index is -1.72. The van der Waals surface area contributed by atoms with Crippen molar-refractivity contribution >= 4 is 14.4 Å². The summed E-state index contributed by atoms with van der Waals surface area (Å²) < 4.78 is 17.3. The molecule has 0 aliphatic rings. The maximum Gasteiger partial charge on any atom is 0.265 e. The van der Waals surface area contributed by atoms with Crippen molar-refractivity contribution < 1.29 is 13.9 Å². The van der Waals surface area contributed by atoms with Crippen LogP contribution in [-0.4, -0.2) is 15.4 Å². The smallest absolute Gasteiger partial charge is 0.265 e. The molecule has 0 heterocycles. The van der Waals surface area contributed by atoms with Gasteiger partial charge < -0.3 is 13.9 Å². The number of hydrogen-bond donors (Lipinski definition) is 0. The summed E-state index contributed by atoms with van der Waals surface area (Å²) in [6, 6.07) is 18.0. The van der Waals surface area contributed by atoms with Gasteiger partial charge in [0.25, 0.3) is 5.95 Å². The zero-order chi connectivity index (χ0) is 16.7. The summed E-state index contributed by atoms with van der Waals surface area (Å²) in [7, 11) is -0.0933. The third-order valence-corrected chi connectivity index (χ3v) is 3.85. The molecule has 0 aromatic heterocycles. The molecule has 122 valence electrons. The summed E-state index contributed by atoms with van der Waals surface area (Å²) in [6.45, 7) is 6.90. The van der Waals surface area contributed by atoms with Gasteiger partial charge >= 0.3 is 0 Å². The highest BCUT2D eigenvalue weighted by Gasteiger charge is 2.18. The second-order valence-corrected chi connectivity index (χ2v) is 10.6. The molecule has 4 heteroatoms. The van der Waals surface area contributed by atoms with Crippen LogP contribution in [0, 0.1) is 0 Å². The van der Waals surface area contributed by atoms with Crippen molar-refractivity contribution in [3.8, 4) is 5.75 Å². The molecule has 0 amide bonds. The number of para-hydroxylation sites is 1. The first-order valence-electron chi connectivity index (χ1n) is 7.68. The molecule has 0 aliphatic heterocycles. The van der Waals surface area contributed by atoms with Crippen molar-refractivity contribution in [3.05, 3.63) is 71.7 Å². The molecule has 0 N–H and O–H groups in total. The monoisotopic (exact) mass is 328 g/mol. The molecule has 2 aromatic rings. The quantitative estimate of drug-likeness (QED) is 0.525. The highest BCUT2D eigenvalue weighted by Crippen LogP contribution is 2.24. The van der Waals surface area contributed by atoms with Gasteiger partial charge in [-0.1, -0.05) is 48.5 Å². The van der Waals surface area contributed by atoms with Gasteiger partial charge in [0.2, 0.25) is 8.32 Å². The number of benzene rings is 2. The van der Waals surface area contributed by atoms with Crippen LogP contribution in [0.2, 0.25) is 19.6 Å². The topological polar surface area (TPSA) is 27.7 Å². The molecule has 23 heavy (non-hydrogen) atoms. The average molecular weight is 328 g/mol. The van der Waals surface area contributed by atoms with E-state index in [0.29, 0.717) is 12.6 Å². The zero-order valence-corrected chi connectivity index (χ0v) is 15.2. The molecule has 0 saturated carbocycles. The maximum absolute atomic E-state index is 5.95. The molecule has 0 fully saturated rings. The molecule has 0 atom stereocenters. The van der Waals surface area contributed by atoms with E-state index in [2.05, 4.69) is 19.6 Å². The number of rotatable bonds is 7. The first kappa shape index (κ1) is 17.2. The summed E-state index contributed by atoms with van der Waals surface area (Å²) in [6.07, 6.45) is 1.89.